The number of anilines is 1. The molecule has 3 heteroatoms. The van der Waals surface area contributed by atoms with Crippen molar-refractivity contribution >= 4 is 12.1 Å². The molecule has 1 rings (SSSR count). The number of carbonyl (C=O) groups excluding carboxylic acids is 1. The molecule has 0 amide bonds. The van der Waals surface area contributed by atoms with Crippen molar-refractivity contribution in [3.05, 3.63) is 23.9 Å². The number of rotatable bonds is 1. The number of aromatic nitrogens is 1. The van der Waals surface area contributed by atoms with E-state index < -0.39 is 0 Å². The standard InChI is InChI=1S/C6H6N2O.C2H6/c7-6-2-1-5(4-9)3-8-6;1-2/h1-4H,(H2,7,8);1-2H3. The molecule has 0 atom stereocenters. The number of nitrogens with zero attached hydrogens (tertiary/aromatic N) is 1. The average Bonchev–Trinajstić information content (AvgIpc) is 2.10. The van der Waals surface area contributed by atoms with Crippen LogP contribution in [-0.2, 0) is 0 Å². The van der Waals surface area contributed by atoms with Crippen molar-refractivity contribution in [2.24, 2.45) is 0 Å². The Bertz CT molecular complexity index is 206. The Morgan fingerprint density at radius 2 is 2.09 bits per heavy atom. The highest BCUT2D eigenvalue weighted by atomic mass is 16.1. The zero-order valence-corrected chi connectivity index (χ0v) is 6.74. The summed E-state index contributed by atoms with van der Waals surface area (Å²) in [5.41, 5.74) is 5.80. The van der Waals surface area contributed by atoms with Crippen LogP contribution in [0.2, 0.25) is 0 Å². The van der Waals surface area contributed by atoms with Gasteiger partial charge in [0.1, 0.15) is 5.82 Å². The first-order chi connectivity index (χ1) is 5.33. The quantitative estimate of drug-likeness (QED) is 0.620. The fourth-order valence-corrected chi connectivity index (χ4v) is 0.486. The van der Waals surface area contributed by atoms with E-state index >= 15 is 0 Å². The maximum atomic E-state index is 10.0. The topological polar surface area (TPSA) is 56.0 Å². The Morgan fingerprint density at radius 3 is 2.45 bits per heavy atom. The molecule has 0 saturated carbocycles. The third-order valence-corrected chi connectivity index (χ3v) is 0.945. The highest BCUT2D eigenvalue weighted by Crippen LogP contribution is 1.96. The molecule has 2 N–H and O–H groups in total. The monoisotopic (exact) mass is 152 g/mol. The van der Waals surface area contributed by atoms with E-state index in [1.54, 1.807) is 12.1 Å². The third kappa shape index (κ3) is 3.35. The molecule has 3 nitrogen and oxygen atoms in total. The molecular formula is C8H12N2O. The highest BCUT2D eigenvalue weighted by molar-refractivity contribution is 5.74. The summed E-state index contributed by atoms with van der Waals surface area (Å²) < 4.78 is 0. The lowest BCUT2D eigenvalue weighted by Gasteiger charge is -1.88. The molecule has 0 aliphatic heterocycles. The number of hydrogen-bond donors (Lipinski definition) is 1. The van der Waals surface area contributed by atoms with Gasteiger partial charge in [0.15, 0.2) is 6.29 Å². The summed E-state index contributed by atoms with van der Waals surface area (Å²) in [5, 5.41) is 0. The van der Waals surface area contributed by atoms with Crippen LogP contribution < -0.4 is 5.73 Å². The summed E-state index contributed by atoms with van der Waals surface area (Å²) >= 11 is 0. The predicted octanol–water partition coefficient (Wildman–Crippen LogP) is 1.50. The van der Waals surface area contributed by atoms with Crippen LogP contribution in [0.4, 0.5) is 5.82 Å². The van der Waals surface area contributed by atoms with Gasteiger partial charge in [0.25, 0.3) is 0 Å². The lowest BCUT2D eigenvalue weighted by atomic mass is 10.3. The van der Waals surface area contributed by atoms with Gasteiger partial charge in [-0.1, -0.05) is 13.8 Å². The lowest BCUT2D eigenvalue weighted by molar-refractivity contribution is 0.112. The van der Waals surface area contributed by atoms with Crippen LogP contribution in [0.25, 0.3) is 0 Å². The lowest BCUT2D eigenvalue weighted by Crippen LogP contribution is -1.89. The minimum absolute atomic E-state index is 0.431. The van der Waals surface area contributed by atoms with Gasteiger partial charge in [0.2, 0.25) is 0 Å². The van der Waals surface area contributed by atoms with Gasteiger partial charge in [-0.25, -0.2) is 4.98 Å². The Kier molecular flexibility index (Phi) is 4.73. The molecule has 0 unspecified atom stereocenters. The second kappa shape index (κ2) is 5.41. The van der Waals surface area contributed by atoms with Crippen LogP contribution in [0.5, 0.6) is 0 Å². The van der Waals surface area contributed by atoms with E-state index in [0.717, 1.165) is 6.29 Å². The Labute approximate surface area is 66.3 Å². The number of carbonyl (C=O) groups is 1. The van der Waals surface area contributed by atoms with Crippen molar-refractivity contribution in [1.82, 2.24) is 4.98 Å². The average molecular weight is 152 g/mol. The summed E-state index contributed by atoms with van der Waals surface area (Å²) in [6, 6.07) is 3.21. The molecule has 0 aliphatic rings. The highest BCUT2D eigenvalue weighted by Gasteiger charge is 1.86. The largest absolute Gasteiger partial charge is 0.384 e. The summed E-state index contributed by atoms with van der Waals surface area (Å²) in [4.78, 5) is 13.7. The first-order valence-electron chi connectivity index (χ1n) is 3.49. The smallest absolute Gasteiger partial charge is 0.151 e. The molecule has 1 aromatic heterocycles. The summed E-state index contributed by atoms with van der Waals surface area (Å²) in [7, 11) is 0. The molecule has 0 radical (unpaired) electrons. The van der Waals surface area contributed by atoms with E-state index in [-0.39, 0.29) is 0 Å². The maximum absolute atomic E-state index is 10.0. The van der Waals surface area contributed by atoms with Crippen molar-refractivity contribution < 1.29 is 4.79 Å². The van der Waals surface area contributed by atoms with Gasteiger partial charge in [0.05, 0.1) is 0 Å². The SMILES string of the molecule is CC.Nc1ccc(C=O)cn1. The number of nitrogen functional groups attached to an aromatic ring is 1. The van der Waals surface area contributed by atoms with E-state index in [1.165, 1.54) is 6.20 Å². The molecule has 0 aromatic carbocycles. The molecule has 1 heterocycles. The summed E-state index contributed by atoms with van der Waals surface area (Å²) in [5.74, 6) is 0.431. The maximum Gasteiger partial charge on any atom is 0.151 e. The number of nitrogens with two attached hydrogens (primary N) is 1. The minimum atomic E-state index is 0.431. The van der Waals surface area contributed by atoms with Crippen LogP contribution in [-0.4, -0.2) is 11.3 Å². The molecule has 0 fully saturated rings. The van der Waals surface area contributed by atoms with Gasteiger partial charge in [-0.15, -0.1) is 0 Å². The van der Waals surface area contributed by atoms with Gasteiger partial charge < -0.3 is 5.73 Å². The first kappa shape index (κ1) is 9.62. The first-order valence-corrected chi connectivity index (χ1v) is 3.49. The second-order valence-corrected chi connectivity index (χ2v) is 1.63. The van der Waals surface area contributed by atoms with E-state index in [0.29, 0.717) is 11.4 Å². The number of pyridine rings is 1. The molecule has 60 valence electrons. The zero-order chi connectivity index (χ0) is 8.69. The van der Waals surface area contributed by atoms with Crippen molar-refractivity contribution in [3.63, 3.8) is 0 Å². The molecule has 1 aromatic rings. The van der Waals surface area contributed by atoms with Crippen LogP contribution >= 0.6 is 0 Å². The van der Waals surface area contributed by atoms with Crippen LogP contribution in [0.3, 0.4) is 0 Å². The fraction of sp³-hybridized carbons (Fsp3) is 0.250. The molecule has 0 bridgehead atoms. The number of hydrogen-bond acceptors (Lipinski definition) is 3. The molecular weight excluding hydrogens is 140 g/mol. The van der Waals surface area contributed by atoms with Crippen molar-refractivity contribution in [1.29, 1.82) is 0 Å². The van der Waals surface area contributed by atoms with Crippen LogP contribution in [0.1, 0.15) is 24.2 Å². The summed E-state index contributed by atoms with van der Waals surface area (Å²) in [6.45, 7) is 4.00. The predicted molar refractivity (Wildman–Crippen MR) is 45.4 cm³/mol. The van der Waals surface area contributed by atoms with Gasteiger partial charge in [-0.2, -0.15) is 0 Å². The van der Waals surface area contributed by atoms with Crippen LogP contribution in [0, 0.1) is 0 Å². The molecule has 11 heavy (non-hydrogen) atoms. The molecule has 0 aliphatic carbocycles. The third-order valence-electron chi connectivity index (χ3n) is 0.945. The van der Waals surface area contributed by atoms with Gasteiger partial charge in [-0.05, 0) is 12.1 Å². The number of aldehydes is 1. The van der Waals surface area contributed by atoms with Gasteiger partial charge in [0, 0.05) is 11.8 Å². The molecule has 0 spiro atoms. The molecule has 0 saturated heterocycles. The van der Waals surface area contributed by atoms with Gasteiger partial charge >= 0.3 is 0 Å². The van der Waals surface area contributed by atoms with E-state index in [4.69, 9.17) is 5.73 Å². The van der Waals surface area contributed by atoms with Crippen molar-refractivity contribution in [3.8, 4) is 0 Å². The minimum Gasteiger partial charge on any atom is -0.384 e. The Balaban J connectivity index is 0.000000461. The van der Waals surface area contributed by atoms with E-state index in [9.17, 15) is 4.79 Å². The van der Waals surface area contributed by atoms with Gasteiger partial charge in [-0.3, -0.25) is 4.79 Å². The Morgan fingerprint density at radius 1 is 1.45 bits per heavy atom. The zero-order valence-electron chi connectivity index (χ0n) is 6.74. The normalized spacial score (nSPS) is 7.82. The van der Waals surface area contributed by atoms with Crippen molar-refractivity contribution in [2.75, 3.05) is 5.73 Å². The Hall–Kier alpha value is -1.38. The van der Waals surface area contributed by atoms with E-state index in [2.05, 4.69) is 4.98 Å². The van der Waals surface area contributed by atoms with E-state index in [1.807, 2.05) is 13.8 Å². The summed E-state index contributed by atoms with van der Waals surface area (Å²) in [6.07, 6.45) is 2.16. The van der Waals surface area contributed by atoms with Crippen LogP contribution in [0.15, 0.2) is 18.3 Å². The van der Waals surface area contributed by atoms with Crippen molar-refractivity contribution in [2.45, 2.75) is 13.8 Å². The fourth-order valence-electron chi connectivity index (χ4n) is 0.486. The second-order valence-electron chi connectivity index (χ2n) is 1.63.